The molecule has 4 rings (SSSR count). The van der Waals surface area contributed by atoms with Crippen LogP contribution in [0.1, 0.15) is 30.3 Å². The van der Waals surface area contributed by atoms with Gasteiger partial charge >= 0.3 is 0 Å². The van der Waals surface area contributed by atoms with Gasteiger partial charge in [0.1, 0.15) is 0 Å². The normalized spacial score (nSPS) is 27.6. The number of amides is 1. The van der Waals surface area contributed by atoms with E-state index in [0.29, 0.717) is 24.3 Å². The first-order chi connectivity index (χ1) is 12.9. The van der Waals surface area contributed by atoms with E-state index in [1.165, 1.54) is 0 Å². The summed E-state index contributed by atoms with van der Waals surface area (Å²) in [6.07, 6.45) is 1.42. The number of piperidine rings is 1. The molecule has 1 amide bonds. The molecule has 0 radical (unpaired) electrons. The van der Waals surface area contributed by atoms with Crippen molar-refractivity contribution in [3.63, 3.8) is 0 Å². The standard InChI is InChI=1S/C20H29N5O2/c1-13(26)10-25-18-7-5-4-6-17(18)19(22-25)20(27)21-14-8-15-11-23(2)12-16(9-14)24(15)3/h4-7,13-16,26H,8-12H2,1-3H3,(H,21,27). The minimum atomic E-state index is -0.519. The molecule has 3 atom stereocenters. The van der Waals surface area contributed by atoms with Gasteiger partial charge in [0, 0.05) is 36.6 Å². The van der Waals surface area contributed by atoms with Crippen LogP contribution < -0.4 is 5.32 Å². The van der Waals surface area contributed by atoms with Crippen molar-refractivity contribution in [2.24, 2.45) is 0 Å². The van der Waals surface area contributed by atoms with Crippen molar-refractivity contribution in [2.45, 2.75) is 50.5 Å². The van der Waals surface area contributed by atoms with E-state index >= 15 is 0 Å². The Morgan fingerprint density at radius 1 is 1.26 bits per heavy atom. The maximum absolute atomic E-state index is 13.0. The molecule has 7 nitrogen and oxygen atoms in total. The minimum absolute atomic E-state index is 0.114. The lowest BCUT2D eigenvalue weighted by Gasteiger charge is -2.50. The molecule has 3 heterocycles. The van der Waals surface area contributed by atoms with Crippen LogP contribution in [0.4, 0.5) is 0 Å². The number of carbonyl (C=O) groups excluding carboxylic acids is 1. The maximum atomic E-state index is 13.0. The summed E-state index contributed by atoms with van der Waals surface area (Å²) in [4.78, 5) is 17.9. The van der Waals surface area contributed by atoms with Gasteiger partial charge in [-0.15, -0.1) is 0 Å². The molecule has 2 N–H and O–H groups in total. The highest BCUT2D eigenvalue weighted by molar-refractivity contribution is 6.05. The Balaban J connectivity index is 1.54. The van der Waals surface area contributed by atoms with Gasteiger partial charge in [0.05, 0.1) is 18.2 Å². The quantitative estimate of drug-likeness (QED) is 0.836. The number of rotatable bonds is 4. The Kier molecular flexibility index (Phi) is 4.92. The Morgan fingerprint density at radius 3 is 2.59 bits per heavy atom. The number of aromatic nitrogens is 2. The fourth-order valence-electron chi connectivity index (χ4n) is 4.64. The first-order valence-electron chi connectivity index (χ1n) is 9.77. The smallest absolute Gasteiger partial charge is 0.272 e. The van der Waals surface area contributed by atoms with Crippen LogP contribution in [0.2, 0.25) is 0 Å². The summed E-state index contributed by atoms with van der Waals surface area (Å²) in [5, 5.41) is 18.3. The second-order valence-corrected chi connectivity index (χ2v) is 8.23. The summed E-state index contributed by atoms with van der Waals surface area (Å²) in [6.45, 7) is 4.19. The third-order valence-electron chi connectivity index (χ3n) is 5.96. The number of carbonyl (C=O) groups is 1. The Bertz CT molecular complexity index is 817. The lowest BCUT2D eigenvalue weighted by atomic mass is 9.88. The number of fused-ring (bicyclic) bond motifs is 3. The van der Waals surface area contributed by atoms with E-state index in [1.807, 2.05) is 24.3 Å². The highest BCUT2D eigenvalue weighted by Gasteiger charge is 2.38. The number of nitrogens with zero attached hydrogens (tertiary/aromatic N) is 4. The second-order valence-electron chi connectivity index (χ2n) is 8.23. The van der Waals surface area contributed by atoms with Gasteiger partial charge in [-0.25, -0.2) is 0 Å². The number of likely N-dealkylation sites (N-methyl/N-ethyl adjacent to an activating group) is 2. The van der Waals surface area contributed by atoms with Gasteiger partial charge in [0.15, 0.2) is 5.69 Å². The molecule has 2 aromatic rings. The zero-order chi connectivity index (χ0) is 19.1. The highest BCUT2D eigenvalue weighted by Crippen LogP contribution is 2.27. The maximum Gasteiger partial charge on any atom is 0.272 e. The average molecular weight is 371 g/mol. The number of likely N-dealkylation sites (tertiary alicyclic amines) is 1. The Labute approximate surface area is 159 Å². The van der Waals surface area contributed by atoms with E-state index in [0.717, 1.165) is 36.8 Å². The molecule has 27 heavy (non-hydrogen) atoms. The SMILES string of the molecule is CC(O)Cn1nc(C(=O)NC2CC3CN(C)CC(C2)N3C)c2ccccc21. The molecule has 2 aliphatic heterocycles. The first-order valence-corrected chi connectivity index (χ1v) is 9.77. The molecule has 2 saturated heterocycles. The summed E-state index contributed by atoms with van der Waals surface area (Å²) in [5.74, 6) is -0.114. The van der Waals surface area contributed by atoms with E-state index in [4.69, 9.17) is 0 Å². The number of benzene rings is 1. The molecule has 7 heteroatoms. The number of piperazine rings is 1. The minimum Gasteiger partial charge on any atom is -0.391 e. The molecule has 0 saturated carbocycles. The van der Waals surface area contributed by atoms with Gasteiger partial charge in [0.2, 0.25) is 0 Å². The van der Waals surface area contributed by atoms with Crippen LogP contribution in [-0.4, -0.2) is 82.0 Å². The van der Waals surface area contributed by atoms with Crippen LogP contribution in [0.25, 0.3) is 10.9 Å². The summed E-state index contributed by atoms with van der Waals surface area (Å²) in [7, 11) is 4.37. The number of nitrogens with one attached hydrogen (secondary N) is 1. The number of hydrogen-bond acceptors (Lipinski definition) is 5. The predicted octanol–water partition coefficient (Wildman–Crippen LogP) is 0.924. The fraction of sp³-hybridized carbons (Fsp3) is 0.600. The van der Waals surface area contributed by atoms with Crippen molar-refractivity contribution < 1.29 is 9.90 Å². The van der Waals surface area contributed by atoms with E-state index in [9.17, 15) is 9.90 Å². The second kappa shape index (κ2) is 7.22. The summed E-state index contributed by atoms with van der Waals surface area (Å²) >= 11 is 0. The van der Waals surface area contributed by atoms with Gasteiger partial charge in [-0.2, -0.15) is 5.10 Å². The monoisotopic (exact) mass is 371 g/mol. The molecular weight excluding hydrogens is 342 g/mol. The summed E-state index contributed by atoms with van der Waals surface area (Å²) in [6, 6.07) is 8.86. The van der Waals surface area contributed by atoms with Crippen LogP contribution in [-0.2, 0) is 6.54 Å². The zero-order valence-electron chi connectivity index (χ0n) is 16.3. The van der Waals surface area contributed by atoms with Gasteiger partial charge in [-0.05, 0) is 39.9 Å². The summed E-state index contributed by atoms with van der Waals surface area (Å²) < 4.78 is 1.73. The third kappa shape index (κ3) is 3.59. The van der Waals surface area contributed by atoms with E-state index < -0.39 is 6.10 Å². The molecule has 3 unspecified atom stereocenters. The van der Waals surface area contributed by atoms with Crippen LogP contribution >= 0.6 is 0 Å². The lowest BCUT2D eigenvalue weighted by molar-refractivity contribution is 0.00837. The number of aliphatic hydroxyl groups is 1. The predicted molar refractivity (Wildman–Crippen MR) is 105 cm³/mol. The van der Waals surface area contributed by atoms with Crippen molar-refractivity contribution in [1.29, 1.82) is 0 Å². The number of aliphatic hydroxyl groups excluding tert-OH is 1. The van der Waals surface area contributed by atoms with Crippen molar-refractivity contribution in [1.82, 2.24) is 24.9 Å². The van der Waals surface area contributed by atoms with Gasteiger partial charge in [-0.3, -0.25) is 14.4 Å². The van der Waals surface area contributed by atoms with Crippen LogP contribution in [0.5, 0.6) is 0 Å². The number of hydrogen-bond donors (Lipinski definition) is 2. The Morgan fingerprint density at radius 2 is 1.93 bits per heavy atom. The largest absolute Gasteiger partial charge is 0.391 e. The van der Waals surface area contributed by atoms with Crippen LogP contribution in [0, 0.1) is 0 Å². The highest BCUT2D eigenvalue weighted by atomic mass is 16.3. The van der Waals surface area contributed by atoms with Crippen LogP contribution in [0.3, 0.4) is 0 Å². The molecule has 0 aliphatic carbocycles. The third-order valence-corrected chi connectivity index (χ3v) is 5.96. The number of para-hydroxylation sites is 1. The first kappa shape index (κ1) is 18.4. The topological polar surface area (TPSA) is 73.6 Å². The van der Waals surface area contributed by atoms with Gasteiger partial charge in [-0.1, -0.05) is 18.2 Å². The molecular formula is C20H29N5O2. The molecule has 146 valence electrons. The summed E-state index contributed by atoms with van der Waals surface area (Å²) in [5.41, 5.74) is 1.33. The zero-order valence-corrected chi connectivity index (χ0v) is 16.3. The van der Waals surface area contributed by atoms with E-state index in [1.54, 1.807) is 11.6 Å². The Hall–Kier alpha value is -1.96. The van der Waals surface area contributed by atoms with Crippen molar-refractivity contribution >= 4 is 16.8 Å². The van der Waals surface area contributed by atoms with E-state index in [2.05, 4.69) is 34.3 Å². The van der Waals surface area contributed by atoms with E-state index in [-0.39, 0.29) is 11.9 Å². The average Bonchev–Trinajstić information content (AvgIpc) is 2.95. The molecule has 2 aliphatic rings. The molecule has 0 spiro atoms. The molecule has 2 bridgehead atoms. The van der Waals surface area contributed by atoms with Crippen molar-refractivity contribution in [3.05, 3.63) is 30.0 Å². The van der Waals surface area contributed by atoms with Crippen LogP contribution in [0.15, 0.2) is 24.3 Å². The molecule has 1 aromatic heterocycles. The molecule has 2 fully saturated rings. The fourth-order valence-corrected chi connectivity index (χ4v) is 4.64. The lowest BCUT2D eigenvalue weighted by Crippen LogP contribution is -2.63. The van der Waals surface area contributed by atoms with Gasteiger partial charge in [0.25, 0.3) is 5.91 Å². The molecule has 1 aromatic carbocycles. The van der Waals surface area contributed by atoms with Crippen molar-refractivity contribution in [3.8, 4) is 0 Å². The van der Waals surface area contributed by atoms with Crippen molar-refractivity contribution in [2.75, 3.05) is 27.2 Å². The van der Waals surface area contributed by atoms with Gasteiger partial charge < -0.3 is 15.3 Å².